The van der Waals surface area contributed by atoms with Crippen LogP contribution in [-0.4, -0.2) is 28.9 Å². The lowest BCUT2D eigenvalue weighted by Crippen LogP contribution is -2.29. The summed E-state index contributed by atoms with van der Waals surface area (Å²) >= 11 is 1.39. The highest BCUT2D eigenvalue weighted by molar-refractivity contribution is 7.12. The Morgan fingerprint density at radius 1 is 1.44 bits per heavy atom. The number of carbonyl (C=O) groups is 1. The Hall–Kier alpha value is -0.910. The van der Waals surface area contributed by atoms with Crippen LogP contribution in [0.5, 0.6) is 0 Å². The SMILES string of the molecule is CCOC(=O)C(O)C(O)c1ccc(CC)s1. The molecule has 0 bridgehead atoms. The molecule has 2 N–H and O–H groups in total. The quantitative estimate of drug-likeness (QED) is 0.765. The standard InChI is InChI=1S/C11H16O4S/c1-3-7-5-6-8(16-7)9(12)10(13)11(14)15-4-2/h5-6,9-10,12-13H,3-4H2,1-2H3. The van der Waals surface area contributed by atoms with E-state index in [0.717, 1.165) is 11.3 Å². The van der Waals surface area contributed by atoms with Gasteiger partial charge in [-0.15, -0.1) is 11.3 Å². The third-order valence-corrected chi connectivity index (χ3v) is 3.45. The van der Waals surface area contributed by atoms with Crippen LogP contribution in [0.2, 0.25) is 0 Å². The molecule has 2 atom stereocenters. The fourth-order valence-corrected chi connectivity index (χ4v) is 2.22. The number of thiophene rings is 1. The number of hydrogen-bond acceptors (Lipinski definition) is 5. The van der Waals surface area contributed by atoms with Crippen molar-refractivity contribution in [1.82, 2.24) is 0 Å². The summed E-state index contributed by atoms with van der Waals surface area (Å²) < 4.78 is 4.64. The van der Waals surface area contributed by atoms with Gasteiger partial charge in [0.25, 0.3) is 0 Å². The van der Waals surface area contributed by atoms with Crippen LogP contribution < -0.4 is 0 Å². The summed E-state index contributed by atoms with van der Waals surface area (Å²) in [5, 5.41) is 19.3. The van der Waals surface area contributed by atoms with Crippen molar-refractivity contribution in [2.45, 2.75) is 32.5 Å². The van der Waals surface area contributed by atoms with Crippen molar-refractivity contribution in [1.29, 1.82) is 0 Å². The lowest BCUT2D eigenvalue weighted by Gasteiger charge is -2.14. The summed E-state index contributed by atoms with van der Waals surface area (Å²) in [6.07, 6.45) is -1.85. The first-order chi connectivity index (χ1) is 7.60. The Bertz CT molecular complexity index is 348. The van der Waals surface area contributed by atoms with Gasteiger partial charge in [-0.2, -0.15) is 0 Å². The molecule has 0 radical (unpaired) electrons. The molecule has 1 heterocycles. The molecule has 4 nitrogen and oxygen atoms in total. The van der Waals surface area contributed by atoms with E-state index in [2.05, 4.69) is 4.74 Å². The molecule has 1 aromatic heterocycles. The highest BCUT2D eigenvalue weighted by Crippen LogP contribution is 2.26. The van der Waals surface area contributed by atoms with Crippen LogP contribution in [0, 0.1) is 0 Å². The number of esters is 1. The zero-order valence-electron chi connectivity index (χ0n) is 9.34. The second-order valence-electron chi connectivity index (χ2n) is 3.30. The van der Waals surface area contributed by atoms with E-state index >= 15 is 0 Å². The van der Waals surface area contributed by atoms with Crippen LogP contribution in [0.1, 0.15) is 29.7 Å². The fourth-order valence-electron chi connectivity index (χ4n) is 1.26. The largest absolute Gasteiger partial charge is 0.464 e. The Morgan fingerprint density at radius 2 is 2.12 bits per heavy atom. The van der Waals surface area contributed by atoms with Gasteiger partial charge in [0.15, 0.2) is 6.10 Å². The average molecular weight is 244 g/mol. The average Bonchev–Trinajstić information content (AvgIpc) is 2.75. The predicted octanol–water partition coefficient (Wildman–Crippen LogP) is 1.27. The van der Waals surface area contributed by atoms with Gasteiger partial charge < -0.3 is 14.9 Å². The van der Waals surface area contributed by atoms with E-state index in [9.17, 15) is 15.0 Å². The van der Waals surface area contributed by atoms with Gasteiger partial charge in [0, 0.05) is 9.75 Å². The molecule has 2 unspecified atom stereocenters. The van der Waals surface area contributed by atoms with Gasteiger partial charge in [-0.1, -0.05) is 6.92 Å². The fraction of sp³-hybridized carbons (Fsp3) is 0.545. The molecule has 0 aromatic carbocycles. The zero-order chi connectivity index (χ0) is 12.1. The molecule has 0 aliphatic heterocycles. The van der Waals surface area contributed by atoms with Crippen molar-refractivity contribution in [2.75, 3.05) is 6.61 Å². The van der Waals surface area contributed by atoms with E-state index in [0.29, 0.717) is 4.88 Å². The van der Waals surface area contributed by atoms with Gasteiger partial charge in [0.1, 0.15) is 6.10 Å². The van der Waals surface area contributed by atoms with Gasteiger partial charge in [-0.05, 0) is 25.5 Å². The van der Waals surface area contributed by atoms with Crippen molar-refractivity contribution < 1.29 is 19.7 Å². The first-order valence-corrected chi connectivity index (χ1v) is 6.03. The Balaban J connectivity index is 2.69. The Morgan fingerprint density at radius 3 is 2.62 bits per heavy atom. The summed E-state index contributed by atoms with van der Waals surface area (Å²) in [5.74, 6) is -0.790. The minimum absolute atomic E-state index is 0.188. The second-order valence-corrected chi connectivity index (χ2v) is 4.50. The van der Waals surface area contributed by atoms with Gasteiger partial charge in [0.05, 0.1) is 6.61 Å². The topological polar surface area (TPSA) is 66.8 Å². The molecule has 1 rings (SSSR count). The van der Waals surface area contributed by atoms with Crippen molar-refractivity contribution in [3.8, 4) is 0 Å². The maximum absolute atomic E-state index is 11.2. The molecule has 0 spiro atoms. The summed E-state index contributed by atoms with van der Waals surface area (Å²) in [4.78, 5) is 12.9. The number of hydrogen-bond donors (Lipinski definition) is 2. The number of rotatable bonds is 5. The first-order valence-electron chi connectivity index (χ1n) is 5.21. The molecule has 0 saturated heterocycles. The zero-order valence-corrected chi connectivity index (χ0v) is 10.2. The molecule has 0 fully saturated rings. The molecule has 0 amide bonds. The third kappa shape index (κ3) is 3.04. The second kappa shape index (κ2) is 5.98. The monoisotopic (exact) mass is 244 g/mol. The molecule has 90 valence electrons. The lowest BCUT2D eigenvalue weighted by atomic mass is 10.2. The minimum Gasteiger partial charge on any atom is -0.464 e. The molecule has 0 aliphatic carbocycles. The number of aliphatic hydroxyl groups excluding tert-OH is 2. The summed E-state index contributed by atoms with van der Waals surface area (Å²) in [7, 11) is 0. The van der Waals surface area contributed by atoms with Crippen LogP contribution in [0.25, 0.3) is 0 Å². The van der Waals surface area contributed by atoms with E-state index in [-0.39, 0.29) is 6.61 Å². The highest BCUT2D eigenvalue weighted by atomic mass is 32.1. The van der Waals surface area contributed by atoms with E-state index in [1.807, 2.05) is 13.0 Å². The molecular weight excluding hydrogens is 228 g/mol. The van der Waals surface area contributed by atoms with Gasteiger partial charge in [-0.25, -0.2) is 4.79 Å². The molecular formula is C11H16O4S. The first kappa shape index (κ1) is 13.2. The smallest absolute Gasteiger partial charge is 0.338 e. The number of ether oxygens (including phenoxy) is 1. The van der Waals surface area contributed by atoms with Crippen LogP contribution >= 0.6 is 11.3 Å². The normalized spacial score (nSPS) is 14.5. The maximum atomic E-state index is 11.2. The lowest BCUT2D eigenvalue weighted by molar-refractivity contribution is -0.159. The summed E-state index contributed by atoms with van der Waals surface area (Å²) in [6, 6.07) is 3.59. The van der Waals surface area contributed by atoms with Crippen LogP contribution in [0.15, 0.2) is 12.1 Å². The molecule has 1 aromatic rings. The maximum Gasteiger partial charge on any atom is 0.338 e. The number of aliphatic hydroxyl groups is 2. The van der Waals surface area contributed by atoms with Crippen LogP contribution in [0.3, 0.4) is 0 Å². The van der Waals surface area contributed by atoms with Crippen molar-refractivity contribution in [2.24, 2.45) is 0 Å². The van der Waals surface area contributed by atoms with Crippen molar-refractivity contribution >= 4 is 17.3 Å². The summed E-state index contributed by atoms with van der Waals surface area (Å²) in [5.41, 5.74) is 0. The molecule has 5 heteroatoms. The van der Waals surface area contributed by atoms with Crippen molar-refractivity contribution in [3.05, 3.63) is 21.9 Å². The molecule has 0 saturated carbocycles. The number of aryl methyl sites for hydroxylation is 1. The van der Waals surface area contributed by atoms with E-state index in [4.69, 9.17) is 0 Å². The number of carbonyl (C=O) groups excluding carboxylic acids is 1. The minimum atomic E-state index is -1.51. The highest BCUT2D eigenvalue weighted by Gasteiger charge is 2.27. The van der Waals surface area contributed by atoms with Gasteiger partial charge >= 0.3 is 5.97 Å². The third-order valence-electron chi connectivity index (χ3n) is 2.15. The van der Waals surface area contributed by atoms with Crippen molar-refractivity contribution in [3.63, 3.8) is 0 Å². The van der Waals surface area contributed by atoms with Gasteiger partial charge in [0.2, 0.25) is 0 Å². The molecule has 16 heavy (non-hydrogen) atoms. The predicted molar refractivity (Wildman–Crippen MR) is 61.3 cm³/mol. The van der Waals surface area contributed by atoms with Crippen LogP contribution in [-0.2, 0) is 16.0 Å². The van der Waals surface area contributed by atoms with Gasteiger partial charge in [-0.3, -0.25) is 0 Å². The Labute approximate surface area is 98.5 Å². The van der Waals surface area contributed by atoms with E-state index in [1.54, 1.807) is 13.0 Å². The van der Waals surface area contributed by atoms with E-state index < -0.39 is 18.2 Å². The van der Waals surface area contributed by atoms with Crippen LogP contribution in [0.4, 0.5) is 0 Å². The summed E-state index contributed by atoms with van der Waals surface area (Å²) in [6.45, 7) is 3.84. The Kier molecular flexibility index (Phi) is 4.92. The van der Waals surface area contributed by atoms with E-state index in [1.165, 1.54) is 11.3 Å². The molecule has 0 aliphatic rings.